The Balaban J connectivity index is 1.66. The number of carbonyl (C=O) groups is 1. The fourth-order valence-electron chi connectivity index (χ4n) is 2.03. The van der Waals surface area contributed by atoms with E-state index in [2.05, 4.69) is 10.5 Å². The van der Waals surface area contributed by atoms with Crippen LogP contribution in [-0.2, 0) is 0 Å². The minimum atomic E-state index is -0.275. The zero-order valence-electron chi connectivity index (χ0n) is 12.1. The topological polar surface area (TPSA) is 54.6 Å². The van der Waals surface area contributed by atoms with Gasteiger partial charge in [0, 0.05) is 16.1 Å². The summed E-state index contributed by atoms with van der Waals surface area (Å²) in [6.07, 6.45) is 1.45. The number of nitrogens with zero attached hydrogens (tertiary/aromatic N) is 1. The smallest absolute Gasteiger partial charge is 0.271 e. The summed E-state index contributed by atoms with van der Waals surface area (Å²) in [5, 5.41) is 4.54. The van der Waals surface area contributed by atoms with Crippen molar-refractivity contribution in [2.24, 2.45) is 5.10 Å². The van der Waals surface area contributed by atoms with Crippen molar-refractivity contribution in [3.63, 3.8) is 0 Å². The molecule has 5 heteroatoms. The third kappa shape index (κ3) is 3.87. The van der Waals surface area contributed by atoms with E-state index in [0.717, 1.165) is 5.56 Å². The lowest BCUT2D eigenvalue weighted by atomic mass is 10.2. The molecule has 0 radical (unpaired) electrons. The van der Waals surface area contributed by atoms with Gasteiger partial charge in [0.25, 0.3) is 5.91 Å². The third-order valence-corrected chi connectivity index (χ3v) is 3.36. The Labute approximate surface area is 138 Å². The van der Waals surface area contributed by atoms with E-state index in [1.165, 1.54) is 6.21 Å². The number of benzene rings is 2. The van der Waals surface area contributed by atoms with Gasteiger partial charge in [0.1, 0.15) is 11.5 Å². The molecule has 114 valence electrons. The minimum Gasteiger partial charge on any atom is -0.455 e. The second kappa shape index (κ2) is 6.94. The first kappa shape index (κ1) is 15.1. The molecule has 0 spiro atoms. The molecule has 0 unspecified atom stereocenters. The Kier molecular flexibility index (Phi) is 4.54. The number of hydrogen-bond acceptors (Lipinski definition) is 3. The number of carbonyl (C=O) groups excluding carboxylic acids is 1. The number of hydrazone groups is 1. The molecule has 0 bridgehead atoms. The number of amides is 1. The quantitative estimate of drug-likeness (QED) is 0.572. The number of halogens is 1. The van der Waals surface area contributed by atoms with Gasteiger partial charge in [-0.3, -0.25) is 4.79 Å². The van der Waals surface area contributed by atoms with E-state index in [9.17, 15) is 4.79 Å². The van der Waals surface area contributed by atoms with Gasteiger partial charge < -0.3 is 4.42 Å². The van der Waals surface area contributed by atoms with E-state index in [1.54, 1.807) is 36.4 Å². The Bertz CT molecular complexity index is 841. The predicted molar refractivity (Wildman–Crippen MR) is 90.7 cm³/mol. The highest BCUT2D eigenvalue weighted by atomic mass is 35.5. The fraction of sp³-hybridized carbons (Fsp3) is 0. The van der Waals surface area contributed by atoms with Gasteiger partial charge in [0.2, 0.25) is 0 Å². The SMILES string of the molecule is O=C(NN=Cc1ccc(-c2cccc(Cl)c2)o1)c1ccccc1. The highest BCUT2D eigenvalue weighted by Crippen LogP contribution is 2.24. The molecular weight excluding hydrogens is 312 g/mol. The van der Waals surface area contributed by atoms with E-state index >= 15 is 0 Å². The number of furan rings is 1. The van der Waals surface area contributed by atoms with Crippen LogP contribution < -0.4 is 5.43 Å². The molecule has 2 aromatic carbocycles. The van der Waals surface area contributed by atoms with Crippen molar-refractivity contribution >= 4 is 23.7 Å². The first-order valence-corrected chi connectivity index (χ1v) is 7.34. The van der Waals surface area contributed by atoms with Crippen molar-refractivity contribution in [1.29, 1.82) is 0 Å². The van der Waals surface area contributed by atoms with Crippen molar-refractivity contribution in [2.75, 3.05) is 0 Å². The van der Waals surface area contributed by atoms with E-state index in [-0.39, 0.29) is 5.91 Å². The molecule has 0 aliphatic carbocycles. The first-order chi connectivity index (χ1) is 11.2. The van der Waals surface area contributed by atoms with Crippen molar-refractivity contribution in [3.8, 4) is 11.3 Å². The monoisotopic (exact) mass is 324 g/mol. The molecule has 0 saturated carbocycles. The van der Waals surface area contributed by atoms with Gasteiger partial charge in [-0.1, -0.05) is 41.9 Å². The van der Waals surface area contributed by atoms with Crippen LogP contribution in [0.2, 0.25) is 5.02 Å². The normalized spacial score (nSPS) is 10.8. The molecule has 1 amide bonds. The lowest BCUT2D eigenvalue weighted by Crippen LogP contribution is -2.17. The Hall–Kier alpha value is -2.85. The average Bonchev–Trinajstić information content (AvgIpc) is 3.04. The number of rotatable bonds is 4. The average molecular weight is 325 g/mol. The van der Waals surface area contributed by atoms with Crippen LogP contribution in [0.1, 0.15) is 16.1 Å². The van der Waals surface area contributed by atoms with Gasteiger partial charge in [0.15, 0.2) is 0 Å². The van der Waals surface area contributed by atoms with E-state index in [4.69, 9.17) is 16.0 Å². The molecule has 0 aliphatic heterocycles. The van der Waals surface area contributed by atoms with Gasteiger partial charge in [-0.25, -0.2) is 5.43 Å². The van der Waals surface area contributed by atoms with Gasteiger partial charge in [0.05, 0.1) is 6.21 Å². The van der Waals surface area contributed by atoms with Crippen molar-refractivity contribution < 1.29 is 9.21 Å². The van der Waals surface area contributed by atoms with Gasteiger partial charge in [-0.05, 0) is 36.4 Å². The summed E-state index contributed by atoms with van der Waals surface area (Å²) in [6.45, 7) is 0. The Morgan fingerprint density at radius 3 is 2.65 bits per heavy atom. The summed E-state index contributed by atoms with van der Waals surface area (Å²) < 4.78 is 5.65. The van der Waals surface area contributed by atoms with Crippen molar-refractivity contribution in [3.05, 3.63) is 83.1 Å². The van der Waals surface area contributed by atoms with Crippen molar-refractivity contribution in [1.82, 2.24) is 5.43 Å². The molecular formula is C18H13ClN2O2. The molecule has 1 aromatic heterocycles. The maximum absolute atomic E-state index is 11.8. The zero-order valence-corrected chi connectivity index (χ0v) is 12.8. The van der Waals surface area contributed by atoms with Crippen LogP contribution in [-0.4, -0.2) is 12.1 Å². The largest absolute Gasteiger partial charge is 0.455 e. The van der Waals surface area contributed by atoms with Crippen LogP contribution in [0.4, 0.5) is 0 Å². The maximum Gasteiger partial charge on any atom is 0.271 e. The van der Waals surface area contributed by atoms with Gasteiger partial charge >= 0.3 is 0 Å². The molecule has 0 atom stereocenters. The summed E-state index contributed by atoms with van der Waals surface area (Å²) >= 11 is 5.96. The molecule has 4 nitrogen and oxygen atoms in total. The van der Waals surface area contributed by atoms with E-state index < -0.39 is 0 Å². The van der Waals surface area contributed by atoms with Crippen LogP contribution >= 0.6 is 11.6 Å². The molecule has 3 aromatic rings. The zero-order chi connectivity index (χ0) is 16.1. The molecule has 3 rings (SSSR count). The highest BCUT2D eigenvalue weighted by Gasteiger charge is 2.05. The summed E-state index contributed by atoms with van der Waals surface area (Å²) in [7, 11) is 0. The molecule has 1 heterocycles. The van der Waals surface area contributed by atoms with Crippen LogP contribution in [0.15, 0.2) is 76.2 Å². The lowest BCUT2D eigenvalue weighted by Gasteiger charge is -1.98. The molecule has 0 fully saturated rings. The van der Waals surface area contributed by atoms with Crippen LogP contribution in [0.3, 0.4) is 0 Å². The van der Waals surface area contributed by atoms with Gasteiger partial charge in [-0.2, -0.15) is 5.10 Å². The van der Waals surface area contributed by atoms with Crippen LogP contribution in [0, 0.1) is 0 Å². The standard InChI is InChI=1S/C18H13ClN2O2/c19-15-8-4-7-14(11-15)17-10-9-16(23-17)12-20-21-18(22)13-5-2-1-3-6-13/h1-12H,(H,21,22). The van der Waals surface area contributed by atoms with E-state index in [0.29, 0.717) is 22.1 Å². The fourth-order valence-corrected chi connectivity index (χ4v) is 2.22. The van der Waals surface area contributed by atoms with E-state index in [1.807, 2.05) is 30.3 Å². The summed E-state index contributed by atoms with van der Waals surface area (Å²) in [6, 6.07) is 19.8. The lowest BCUT2D eigenvalue weighted by molar-refractivity contribution is 0.0955. The highest BCUT2D eigenvalue weighted by molar-refractivity contribution is 6.30. The van der Waals surface area contributed by atoms with Gasteiger partial charge in [-0.15, -0.1) is 0 Å². The molecule has 0 saturated heterocycles. The molecule has 1 N–H and O–H groups in total. The Morgan fingerprint density at radius 2 is 1.87 bits per heavy atom. The summed E-state index contributed by atoms with van der Waals surface area (Å²) in [5.41, 5.74) is 3.88. The Morgan fingerprint density at radius 1 is 1.04 bits per heavy atom. The van der Waals surface area contributed by atoms with Crippen molar-refractivity contribution in [2.45, 2.75) is 0 Å². The summed E-state index contributed by atoms with van der Waals surface area (Å²) in [4.78, 5) is 11.8. The number of hydrogen-bond donors (Lipinski definition) is 1. The molecule has 0 aliphatic rings. The molecule has 23 heavy (non-hydrogen) atoms. The first-order valence-electron chi connectivity index (χ1n) is 6.96. The predicted octanol–water partition coefficient (Wildman–Crippen LogP) is 4.36. The third-order valence-electron chi connectivity index (χ3n) is 3.13. The number of nitrogens with one attached hydrogen (secondary N) is 1. The second-order valence-corrected chi connectivity index (χ2v) is 5.21. The maximum atomic E-state index is 11.8. The summed E-state index contributed by atoms with van der Waals surface area (Å²) in [5.74, 6) is 0.945. The van der Waals surface area contributed by atoms with Crippen LogP contribution in [0.25, 0.3) is 11.3 Å². The second-order valence-electron chi connectivity index (χ2n) is 4.78. The van der Waals surface area contributed by atoms with Crippen LogP contribution in [0.5, 0.6) is 0 Å². The minimum absolute atomic E-state index is 0.275.